The average molecular weight is 299 g/mol. The second-order valence-corrected chi connectivity index (χ2v) is 7.98. The van der Waals surface area contributed by atoms with Crippen molar-refractivity contribution in [1.82, 2.24) is 10.2 Å². The Morgan fingerprint density at radius 3 is 2.43 bits per heavy atom. The average Bonchev–Trinajstić information content (AvgIpc) is 2.69. The number of aliphatic hydroxyl groups excluding tert-OH is 1. The first-order valence-electron chi connectivity index (χ1n) is 8.89. The molecule has 0 saturated carbocycles. The number of likely N-dealkylation sites (tertiary alicyclic amines) is 1. The van der Waals surface area contributed by atoms with Crippen LogP contribution >= 0.6 is 0 Å². The Morgan fingerprint density at radius 2 is 1.90 bits per heavy atom. The highest BCUT2D eigenvalue weighted by molar-refractivity contribution is 4.85. The molecule has 0 aromatic rings. The molecule has 1 aliphatic heterocycles. The van der Waals surface area contributed by atoms with Gasteiger partial charge in [0.1, 0.15) is 0 Å². The van der Waals surface area contributed by atoms with Crippen LogP contribution in [0.5, 0.6) is 0 Å². The number of hydrogen-bond acceptors (Lipinski definition) is 3. The maximum atomic E-state index is 9.61. The van der Waals surface area contributed by atoms with Crippen molar-refractivity contribution in [2.45, 2.75) is 71.8 Å². The molecule has 0 radical (unpaired) electrons. The predicted molar refractivity (Wildman–Crippen MR) is 91.6 cm³/mol. The fourth-order valence-corrected chi connectivity index (χ4v) is 3.64. The molecule has 0 amide bonds. The molecule has 1 rings (SSSR count). The van der Waals surface area contributed by atoms with Crippen molar-refractivity contribution < 1.29 is 5.11 Å². The SMILES string of the molecule is CCC(CO)(CCCN1CCCC(C(C)(C)C)CC1)NC. The molecular weight excluding hydrogens is 260 g/mol. The van der Waals surface area contributed by atoms with Crippen molar-refractivity contribution in [3.05, 3.63) is 0 Å². The van der Waals surface area contributed by atoms with Gasteiger partial charge in [0.25, 0.3) is 0 Å². The van der Waals surface area contributed by atoms with Crippen LogP contribution in [0.1, 0.15) is 66.2 Å². The molecule has 3 nitrogen and oxygen atoms in total. The molecule has 0 aliphatic carbocycles. The van der Waals surface area contributed by atoms with Crippen molar-refractivity contribution in [1.29, 1.82) is 0 Å². The molecule has 3 heteroatoms. The van der Waals surface area contributed by atoms with Crippen LogP contribution in [0.25, 0.3) is 0 Å². The highest BCUT2D eigenvalue weighted by Crippen LogP contribution is 2.34. The van der Waals surface area contributed by atoms with Crippen LogP contribution in [-0.2, 0) is 0 Å². The molecule has 1 heterocycles. The Morgan fingerprint density at radius 1 is 1.19 bits per heavy atom. The van der Waals surface area contributed by atoms with E-state index < -0.39 is 0 Å². The van der Waals surface area contributed by atoms with Gasteiger partial charge in [0.2, 0.25) is 0 Å². The molecule has 126 valence electrons. The van der Waals surface area contributed by atoms with Gasteiger partial charge in [-0.25, -0.2) is 0 Å². The summed E-state index contributed by atoms with van der Waals surface area (Å²) >= 11 is 0. The molecule has 1 fully saturated rings. The topological polar surface area (TPSA) is 35.5 Å². The molecule has 2 atom stereocenters. The van der Waals surface area contributed by atoms with Gasteiger partial charge in [0.05, 0.1) is 6.61 Å². The fraction of sp³-hybridized carbons (Fsp3) is 1.00. The maximum Gasteiger partial charge on any atom is 0.0613 e. The molecule has 21 heavy (non-hydrogen) atoms. The monoisotopic (exact) mass is 298 g/mol. The van der Waals surface area contributed by atoms with Crippen molar-refractivity contribution in [3.8, 4) is 0 Å². The zero-order chi connectivity index (χ0) is 15.9. The van der Waals surface area contributed by atoms with E-state index in [4.69, 9.17) is 0 Å². The highest BCUT2D eigenvalue weighted by Gasteiger charge is 2.28. The lowest BCUT2D eigenvalue weighted by atomic mass is 9.77. The van der Waals surface area contributed by atoms with Gasteiger partial charge < -0.3 is 15.3 Å². The number of nitrogens with one attached hydrogen (secondary N) is 1. The van der Waals surface area contributed by atoms with Gasteiger partial charge in [-0.05, 0) is 76.5 Å². The zero-order valence-electron chi connectivity index (χ0n) is 15.0. The summed E-state index contributed by atoms with van der Waals surface area (Å²) in [6, 6.07) is 0. The van der Waals surface area contributed by atoms with Gasteiger partial charge in [-0.1, -0.05) is 27.7 Å². The molecule has 2 N–H and O–H groups in total. The van der Waals surface area contributed by atoms with Crippen LogP contribution < -0.4 is 5.32 Å². The minimum atomic E-state index is -0.0696. The Bertz CT molecular complexity index is 273. The highest BCUT2D eigenvalue weighted by atomic mass is 16.3. The number of aliphatic hydroxyl groups is 1. The fourth-order valence-electron chi connectivity index (χ4n) is 3.64. The maximum absolute atomic E-state index is 9.61. The van der Waals surface area contributed by atoms with Crippen molar-refractivity contribution in [2.24, 2.45) is 11.3 Å². The Kier molecular flexibility index (Phi) is 7.66. The normalized spacial score (nSPS) is 24.6. The molecule has 0 aromatic heterocycles. The van der Waals surface area contributed by atoms with Gasteiger partial charge in [-0.2, -0.15) is 0 Å². The third-order valence-electron chi connectivity index (χ3n) is 5.68. The van der Waals surface area contributed by atoms with Gasteiger partial charge >= 0.3 is 0 Å². The summed E-state index contributed by atoms with van der Waals surface area (Å²) < 4.78 is 0. The van der Waals surface area contributed by atoms with Gasteiger partial charge in [0, 0.05) is 5.54 Å². The van der Waals surface area contributed by atoms with Crippen LogP contribution in [-0.4, -0.2) is 48.8 Å². The summed E-state index contributed by atoms with van der Waals surface area (Å²) in [5.41, 5.74) is 0.385. The summed E-state index contributed by atoms with van der Waals surface area (Å²) in [7, 11) is 1.97. The van der Waals surface area contributed by atoms with Crippen LogP contribution in [0.2, 0.25) is 0 Å². The van der Waals surface area contributed by atoms with Crippen molar-refractivity contribution in [2.75, 3.05) is 33.3 Å². The first-order valence-corrected chi connectivity index (χ1v) is 8.89. The second-order valence-electron chi connectivity index (χ2n) is 7.98. The molecule has 0 aromatic carbocycles. The second kappa shape index (κ2) is 8.50. The lowest BCUT2D eigenvalue weighted by Crippen LogP contribution is -2.46. The third-order valence-corrected chi connectivity index (χ3v) is 5.68. The van der Waals surface area contributed by atoms with E-state index in [0.29, 0.717) is 5.41 Å². The van der Waals surface area contributed by atoms with Crippen molar-refractivity contribution >= 4 is 0 Å². The van der Waals surface area contributed by atoms with E-state index in [0.717, 1.165) is 18.8 Å². The van der Waals surface area contributed by atoms with Crippen LogP contribution in [0.4, 0.5) is 0 Å². The number of rotatable bonds is 7. The summed E-state index contributed by atoms with van der Waals surface area (Å²) in [4.78, 5) is 2.64. The van der Waals surface area contributed by atoms with Gasteiger partial charge in [-0.15, -0.1) is 0 Å². The summed E-state index contributed by atoms with van der Waals surface area (Å²) in [5, 5.41) is 12.9. The smallest absolute Gasteiger partial charge is 0.0613 e. The third kappa shape index (κ3) is 5.88. The van der Waals surface area contributed by atoms with E-state index >= 15 is 0 Å². The minimum absolute atomic E-state index is 0.0696. The van der Waals surface area contributed by atoms with Crippen LogP contribution in [0.15, 0.2) is 0 Å². The van der Waals surface area contributed by atoms with E-state index in [1.165, 1.54) is 45.3 Å². The molecule has 0 spiro atoms. The van der Waals surface area contributed by atoms with Crippen molar-refractivity contribution in [3.63, 3.8) is 0 Å². The summed E-state index contributed by atoms with van der Waals surface area (Å²) in [6.07, 6.45) is 7.30. The van der Waals surface area contributed by atoms with E-state index in [1.807, 2.05) is 7.05 Å². The van der Waals surface area contributed by atoms with E-state index in [2.05, 4.69) is 37.9 Å². The first kappa shape index (κ1) is 18.9. The lowest BCUT2D eigenvalue weighted by molar-refractivity contribution is 0.145. The predicted octanol–water partition coefficient (Wildman–Crippen LogP) is 3.28. The molecule has 1 aliphatic rings. The van der Waals surface area contributed by atoms with Crippen LogP contribution in [0, 0.1) is 11.3 Å². The summed E-state index contributed by atoms with van der Waals surface area (Å²) in [5.74, 6) is 0.868. The molecule has 0 bridgehead atoms. The van der Waals surface area contributed by atoms with Gasteiger partial charge in [-0.3, -0.25) is 0 Å². The summed E-state index contributed by atoms with van der Waals surface area (Å²) in [6.45, 7) is 13.2. The van der Waals surface area contributed by atoms with E-state index in [9.17, 15) is 5.11 Å². The number of likely N-dealkylation sites (N-methyl/N-ethyl adjacent to an activating group) is 1. The Labute approximate surface area is 132 Å². The number of nitrogens with zero attached hydrogens (tertiary/aromatic N) is 1. The minimum Gasteiger partial charge on any atom is -0.394 e. The molecule has 2 unspecified atom stereocenters. The number of hydrogen-bond donors (Lipinski definition) is 2. The van der Waals surface area contributed by atoms with Crippen LogP contribution in [0.3, 0.4) is 0 Å². The lowest BCUT2D eigenvalue weighted by Gasteiger charge is -2.32. The standard InChI is InChI=1S/C18H38N2O/c1-6-18(15-21,19-5)11-8-13-20-12-7-9-16(10-14-20)17(2,3)4/h16,19,21H,6-15H2,1-5H3. The zero-order valence-corrected chi connectivity index (χ0v) is 15.0. The first-order chi connectivity index (χ1) is 9.87. The van der Waals surface area contributed by atoms with E-state index in [-0.39, 0.29) is 12.1 Å². The Hall–Kier alpha value is -0.120. The Balaban J connectivity index is 2.37. The molecule has 1 saturated heterocycles. The molecular formula is C18H38N2O. The largest absolute Gasteiger partial charge is 0.394 e. The quantitative estimate of drug-likeness (QED) is 0.757. The van der Waals surface area contributed by atoms with Gasteiger partial charge in [0.15, 0.2) is 0 Å². The van der Waals surface area contributed by atoms with E-state index in [1.54, 1.807) is 0 Å².